The van der Waals surface area contributed by atoms with Crippen molar-refractivity contribution < 1.29 is 4.74 Å². The van der Waals surface area contributed by atoms with E-state index in [0.29, 0.717) is 0 Å². The van der Waals surface area contributed by atoms with Crippen LogP contribution in [-0.4, -0.2) is 12.1 Å². The van der Waals surface area contributed by atoms with E-state index in [-0.39, 0.29) is 0 Å². The molecule has 5 heteroatoms. The van der Waals surface area contributed by atoms with Crippen molar-refractivity contribution in [3.05, 3.63) is 34.2 Å². The minimum Gasteiger partial charge on any atom is -0.495 e. The third kappa shape index (κ3) is 2.49. The van der Waals surface area contributed by atoms with Crippen molar-refractivity contribution in [1.82, 2.24) is 4.98 Å². The molecule has 78 valence electrons. The summed E-state index contributed by atoms with van der Waals surface area (Å²) in [5, 5.41) is 4.04. The maximum Gasteiger partial charge on any atom is 0.188 e. The van der Waals surface area contributed by atoms with Crippen molar-refractivity contribution in [3.8, 4) is 5.75 Å². The minimum absolute atomic E-state index is 0.809. The molecule has 1 aromatic carbocycles. The highest BCUT2D eigenvalue weighted by Crippen LogP contribution is 2.30. The molecule has 0 amide bonds. The summed E-state index contributed by atoms with van der Waals surface area (Å²) < 4.78 is 6.23. The van der Waals surface area contributed by atoms with Gasteiger partial charge in [0.25, 0.3) is 0 Å². The molecule has 1 aromatic heterocycles. The Morgan fingerprint density at radius 2 is 2.20 bits per heavy atom. The second kappa shape index (κ2) is 4.63. The Balaban J connectivity index is 2.23. The van der Waals surface area contributed by atoms with E-state index in [9.17, 15) is 0 Å². The molecule has 3 nitrogen and oxygen atoms in total. The Morgan fingerprint density at radius 1 is 1.40 bits per heavy atom. The molecule has 0 unspecified atom stereocenters. The van der Waals surface area contributed by atoms with E-state index in [1.165, 1.54) is 0 Å². The first-order valence-electron chi connectivity index (χ1n) is 4.31. The Morgan fingerprint density at radius 3 is 2.87 bits per heavy atom. The number of hydrogen-bond acceptors (Lipinski definition) is 4. The normalized spacial score (nSPS) is 10.0. The van der Waals surface area contributed by atoms with Crippen LogP contribution in [0.1, 0.15) is 0 Å². The maximum atomic E-state index is 5.23. The van der Waals surface area contributed by atoms with E-state index >= 15 is 0 Å². The summed E-state index contributed by atoms with van der Waals surface area (Å²) in [7, 11) is 1.65. The number of rotatable bonds is 3. The van der Waals surface area contributed by atoms with Gasteiger partial charge in [-0.2, -0.15) is 0 Å². The molecule has 0 radical (unpaired) electrons. The zero-order valence-corrected chi connectivity index (χ0v) is 10.4. The van der Waals surface area contributed by atoms with Gasteiger partial charge in [0.1, 0.15) is 5.75 Å². The number of thiazole rings is 1. The molecular weight excluding hydrogens is 276 g/mol. The van der Waals surface area contributed by atoms with Crippen LogP contribution >= 0.6 is 27.3 Å². The van der Waals surface area contributed by atoms with Gasteiger partial charge in [-0.3, -0.25) is 0 Å². The van der Waals surface area contributed by atoms with Gasteiger partial charge in [0.2, 0.25) is 0 Å². The molecule has 0 atom stereocenters. The predicted octanol–water partition coefficient (Wildman–Crippen LogP) is 3.66. The number of ether oxygens (including phenoxy) is 1. The number of aromatic nitrogens is 1. The Kier molecular flexibility index (Phi) is 3.23. The average Bonchev–Trinajstić information content (AvgIpc) is 2.65. The van der Waals surface area contributed by atoms with Gasteiger partial charge in [-0.05, 0) is 28.1 Å². The number of anilines is 2. The van der Waals surface area contributed by atoms with E-state index in [1.54, 1.807) is 24.6 Å². The molecular formula is C10H9BrN2OS. The fraction of sp³-hybridized carbons (Fsp3) is 0.100. The smallest absolute Gasteiger partial charge is 0.188 e. The lowest BCUT2D eigenvalue weighted by molar-refractivity contribution is 0.417. The van der Waals surface area contributed by atoms with Crippen LogP contribution in [0.5, 0.6) is 5.75 Å². The summed E-state index contributed by atoms with van der Waals surface area (Å²) in [5.41, 5.74) is 0.918. The lowest BCUT2D eigenvalue weighted by Crippen LogP contribution is -1.93. The molecule has 2 rings (SSSR count). The number of nitrogens with one attached hydrogen (secondary N) is 1. The van der Waals surface area contributed by atoms with E-state index in [4.69, 9.17) is 4.74 Å². The summed E-state index contributed by atoms with van der Waals surface area (Å²) in [6.45, 7) is 0. The Bertz CT molecular complexity index is 458. The van der Waals surface area contributed by atoms with Crippen molar-refractivity contribution in [2.75, 3.05) is 12.4 Å². The quantitative estimate of drug-likeness (QED) is 0.934. The fourth-order valence-corrected chi connectivity index (χ4v) is 2.29. The summed E-state index contributed by atoms with van der Waals surface area (Å²) in [5.74, 6) is 0.809. The molecule has 0 saturated carbocycles. The fourth-order valence-electron chi connectivity index (χ4n) is 1.18. The van der Waals surface area contributed by atoms with Gasteiger partial charge in [0.15, 0.2) is 5.13 Å². The zero-order chi connectivity index (χ0) is 10.7. The summed E-state index contributed by atoms with van der Waals surface area (Å²) in [6.07, 6.45) is 1.77. The van der Waals surface area contributed by atoms with Crippen LogP contribution in [0.15, 0.2) is 34.2 Å². The van der Waals surface area contributed by atoms with Gasteiger partial charge in [-0.15, -0.1) is 0 Å². The van der Waals surface area contributed by atoms with Crippen molar-refractivity contribution in [2.24, 2.45) is 0 Å². The molecule has 2 aromatic rings. The molecule has 0 fully saturated rings. The highest BCUT2D eigenvalue weighted by atomic mass is 79.9. The minimum atomic E-state index is 0.809. The van der Waals surface area contributed by atoms with Crippen molar-refractivity contribution in [3.63, 3.8) is 0 Å². The molecule has 1 N–H and O–H groups in total. The maximum absolute atomic E-state index is 5.23. The molecule has 0 aliphatic carbocycles. The van der Waals surface area contributed by atoms with Gasteiger partial charge < -0.3 is 10.1 Å². The summed E-state index contributed by atoms with van der Waals surface area (Å²) >= 11 is 4.91. The van der Waals surface area contributed by atoms with Crippen molar-refractivity contribution in [2.45, 2.75) is 0 Å². The predicted molar refractivity (Wildman–Crippen MR) is 66.1 cm³/mol. The van der Waals surface area contributed by atoms with Crippen LogP contribution in [0, 0.1) is 0 Å². The van der Waals surface area contributed by atoms with Crippen LogP contribution in [0.4, 0.5) is 10.8 Å². The van der Waals surface area contributed by atoms with Gasteiger partial charge in [-0.1, -0.05) is 23.5 Å². The van der Waals surface area contributed by atoms with Crippen molar-refractivity contribution >= 4 is 38.1 Å². The molecule has 15 heavy (non-hydrogen) atoms. The molecule has 0 aliphatic heterocycles. The SMILES string of the molecule is COc1ccccc1Nc1ncc(Br)s1. The Labute approximate surface area is 100 Å². The lowest BCUT2D eigenvalue weighted by Gasteiger charge is -2.07. The number of para-hydroxylation sites is 2. The molecule has 0 bridgehead atoms. The number of nitrogens with zero attached hydrogens (tertiary/aromatic N) is 1. The van der Waals surface area contributed by atoms with Crippen LogP contribution in [0.2, 0.25) is 0 Å². The van der Waals surface area contributed by atoms with Crippen LogP contribution in [0.25, 0.3) is 0 Å². The molecule has 1 heterocycles. The van der Waals surface area contributed by atoms with Gasteiger partial charge >= 0.3 is 0 Å². The standard InChI is InChI=1S/C10H9BrN2OS/c1-14-8-5-3-2-4-7(8)13-10-12-6-9(11)15-10/h2-6H,1H3,(H,12,13). The van der Waals surface area contributed by atoms with E-state index in [0.717, 1.165) is 20.4 Å². The van der Waals surface area contributed by atoms with Crippen molar-refractivity contribution in [1.29, 1.82) is 0 Å². The highest BCUT2D eigenvalue weighted by molar-refractivity contribution is 9.11. The largest absolute Gasteiger partial charge is 0.495 e. The second-order valence-corrected chi connectivity index (χ2v) is 5.20. The second-order valence-electron chi connectivity index (χ2n) is 2.79. The van der Waals surface area contributed by atoms with Gasteiger partial charge in [0, 0.05) is 0 Å². The monoisotopic (exact) mass is 284 g/mol. The van der Waals surface area contributed by atoms with E-state index in [2.05, 4.69) is 26.2 Å². The third-order valence-corrected chi connectivity index (χ3v) is 3.22. The molecule has 0 aliphatic rings. The zero-order valence-electron chi connectivity index (χ0n) is 8.03. The van der Waals surface area contributed by atoms with Gasteiger partial charge in [-0.25, -0.2) is 4.98 Å². The van der Waals surface area contributed by atoms with E-state index in [1.807, 2.05) is 24.3 Å². The van der Waals surface area contributed by atoms with Crippen LogP contribution in [0.3, 0.4) is 0 Å². The van der Waals surface area contributed by atoms with Crippen LogP contribution < -0.4 is 10.1 Å². The number of hydrogen-bond donors (Lipinski definition) is 1. The lowest BCUT2D eigenvalue weighted by atomic mass is 10.3. The topological polar surface area (TPSA) is 34.1 Å². The van der Waals surface area contributed by atoms with Gasteiger partial charge in [0.05, 0.1) is 22.8 Å². The number of halogens is 1. The first-order valence-corrected chi connectivity index (χ1v) is 5.92. The summed E-state index contributed by atoms with van der Waals surface area (Å²) in [4.78, 5) is 4.19. The van der Waals surface area contributed by atoms with Crippen LogP contribution in [-0.2, 0) is 0 Å². The number of benzene rings is 1. The van der Waals surface area contributed by atoms with E-state index < -0.39 is 0 Å². The molecule has 0 saturated heterocycles. The first-order chi connectivity index (χ1) is 7.29. The Hall–Kier alpha value is -1.07. The first kappa shape index (κ1) is 10.4. The summed E-state index contributed by atoms with van der Waals surface area (Å²) in [6, 6.07) is 7.74. The average molecular weight is 285 g/mol. The number of methoxy groups -OCH3 is 1. The molecule has 0 spiro atoms. The third-order valence-electron chi connectivity index (χ3n) is 1.83. The highest BCUT2D eigenvalue weighted by Gasteiger charge is 2.04.